The minimum Gasteiger partial charge on any atom is -0.416 e. The fraction of sp³-hybridized carbons (Fsp3) is 0.952. The molecule has 2 saturated carbocycles. The summed E-state index contributed by atoms with van der Waals surface area (Å²) in [7, 11) is -1.89. The Bertz CT molecular complexity index is 530. The minimum atomic E-state index is -1.89. The smallest absolute Gasteiger partial charge is 0.191 e. The van der Waals surface area contributed by atoms with Crippen LogP contribution in [0.5, 0.6) is 0 Å². The zero-order valence-electron chi connectivity index (χ0n) is 18.0. The standard InChI is InChI=1S/C21H40O3Si/c1-18(2,3)25(8,9)24-14-16-20(6)12-10-11-19(4,5)17(20)15(22)13-21(16,7)23/h16-17,23H,10-14H2,1-9H3/t16-,17?,20-,21-/m1/s1. The van der Waals surface area contributed by atoms with Crippen LogP contribution in [0.2, 0.25) is 18.1 Å². The molecule has 25 heavy (non-hydrogen) atoms. The van der Waals surface area contributed by atoms with Crippen molar-refractivity contribution in [2.45, 2.75) is 97.9 Å². The molecular formula is C21H40O3Si. The number of carbonyl (C=O) groups excluding carboxylic acids is 1. The first-order valence-corrected chi connectivity index (χ1v) is 12.8. The Labute approximate surface area is 156 Å². The van der Waals surface area contributed by atoms with Gasteiger partial charge in [-0.2, -0.15) is 0 Å². The highest BCUT2D eigenvalue weighted by atomic mass is 28.4. The Morgan fingerprint density at radius 1 is 1.16 bits per heavy atom. The van der Waals surface area contributed by atoms with Crippen LogP contribution in [0.3, 0.4) is 0 Å². The Balaban J connectivity index is 2.35. The Kier molecular flexibility index (Phi) is 5.21. The van der Waals surface area contributed by atoms with Crippen LogP contribution in [0.15, 0.2) is 0 Å². The first kappa shape index (κ1) is 21.1. The highest BCUT2D eigenvalue weighted by molar-refractivity contribution is 6.74. The van der Waals surface area contributed by atoms with Gasteiger partial charge in [0.05, 0.1) is 5.60 Å². The summed E-state index contributed by atoms with van der Waals surface area (Å²) in [6.45, 7) is 20.4. The molecule has 0 spiro atoms. The number of rotatable bonds is 3. The van der Waals surface area contributed by atoms with E-state index in [1.54, 1.807) is 0 Å². The number of hydrogen-bond donors (Lipinski definition) is 1. The van der Waals surface area contributed by atoms with Gasteiger partial charge in [0, 0.05) is 24.9 Å². The molecule has 0 heterocycles. The van der Waals surface area contributed by atoms with Gasteiger partial charge in [-0.25, -0.2) is 0 Å². The van der Waals surface area contributed by atoms with Crippen molar-refractivity contribution in [3.05, 3.63) is 0 Å². The average Bonchev–Trinajstić information content (AvgIpc) is 2.33. The van der Waals surface area contributed by atoms with E-state index in [9.17, 15) is 9.90 Å². The maximum Gasteiger partial charge on any atom is 0.191 e. The van der Waals surface area contributed by atoms with Crippen LogP contribution in [-0.2, 0) is 9.22 Å². The lowest BCUT2D eigenvalue weighted by Gasteiger charge is -2.60. The molecule has 1 unspecified atom stereocenters. The van der Waals surface area contributed by atoms with Crippen molar-refractivity contribution in [1.29, 1.82) is 0 Å². The molecule has 0 aromatic rings. The first-order chi connectivity index (χ1) is 11.0. The van der Waals surface area contributed by atoms with Crippen LogP contribution < -0.4 is 0 Å². The summed E-state index contributed by atoms with van der Waals surface area (Å²) in [4.78, 5) is 13.0. The van der Waals surface area contributed by atoms with Crippen molar-refractivity contribution >= 4 is 14.1 Å². The van der Waals surface area contributed by atoms with Gasteiger partial charge < -0.3 is 9.53 Å². The van der Waals surface area contributed by atoms with Crippen molar-refractivity contribution in [3.8, 4) is 0 Å². The molecular weight excluding hydrogens is 328 g/mol. The van der Waals surface area contributed by atoms with E-state index in [1.807, 2.05) is 6.92 Å². The molecule has 4 atom stereocenters. The summed E-state index contributed by atoms with van der Waals surface area (Å²) >= 11 is 0. The van der Waals surface area contributed by atoms with Crippen LogP contribution >= 0.6 is 0 Å². The molecule has 2 aliphatic carbocycles. The SMILES string of the molecule is CC1(C)CCC[C@@]2(C)C1C(=O)C[C@@](C)(O)[C@@H]2CO[Si](C)(C)C(C)(C)C. The Morgan fingerprint density at radius 2 is 1.72 bits per heavy atom. The zero-order chi connectivity index (χ0) is 19.5. The molecule has 2 fully saturated rings. The van der Waals surface area contributed by atoms with Crippen LogP contribution in [-0.4, -0.2) is 31.4 Å². The highest BCUT2D eigenvalue weighted by Crippen LogP contribution is 2.61. The number of fused-ring (bicyclic) bond motifs is 1. The van der Waals surface area contributed by atoms with Gasteiger partial charge in [-0.05, 0) is 48.7 Å². The number of carbonyl (C=O) groups is 1. The molecule has 3 nitrogen and oxygen atoms in total. The predicted molar refractivity (Wildman–Crippen MR) is 106 cm³/mol. The summed E-state index contributed by atoms with van der Waals surface area (Å²) in [6.07, 6.45) is 3.49. The lowest BCUT2D eigenvalue weighted by Crippen LogP contribution is -2.63. The molecule has 146 valence electrons. The third kappa shape index (κ3) is 3.64. The third-order valence-electron chi connectivity index (χ3n) is 7.80. The fourth-order valence-electron chi connectivity index (χ4n) is 5.45. The molecule has 1 N–H and O–H groups in total. The van der Waals surface area contributed by atoms with Crippen molar-refractivity contribution in [3.63, 3.8) is 0 Å². The van der Waals surface area contributed by atoms with Gasteiger partial charge in [-0.1, -0.05) is 48.0 Å². The van der Waals surface area contributed by atoms with Gasteiger partial charge in [-0.3, -0.25) is 4.79 Å². The number of ketones is 1. The average molecular weight is 369 g/mol. The molecule has 0 aromatic heterocycles. The van der Waals surface area contributed by atoms with Gasteiger partial charge in [0.25, 0.3) is 0 Å². The maximum absolute atomic E-state index is 13.0. The second-order valence-electron chi connectivity index (χ2n) is 11.4. The van der Waals surface area contributed by atoms with E-state index in [4.69, 9.17) is 4.43 Å². The van der Waals surface area contributed by atoms with Crippen molar-refractivity contribution in [1.82, 2.24) is 0 Å². The molecule has 2 rings (SSSR count). The Hall–Kier alpha value is -0.193. The van der Waals surface area contributed by atoms with E-state index in [2.05, 4.69) is 54.6 Å². The number of hydrogen-bond acceptors (Lipinski definition) is 3. The monoisotopic (exact) mass is 368 g/mol. The summed E-state index contributed by atoms with van der Waals surface area (Å²) < 4.78 is 6.55. The van der Waals surface area contributed by atoms with E-state index in [0.717, 1.165) is 19.3 Å². The van der Waals surface area contributed by atoms with Gasteiger partial charge in [0.2, 0.25) is 0 Å². The fourth-order valence-corrected chi connectivity index (χ4v) is 6.47. The van der Waals surface area contributed by atoms with Crippen LogP contribution in [0.4, 0.5) is 0 Å². The molecule has 0 radical (unpaired) electrons. The Morgan fingerprint density at radius 3 is 2.24 bits per heavy atom. The molecule has 0 bridgehead atoms. The van der Waals surface area contributed by atoms with Crippen LogP contribution in [0.25, 0.3) is 0 Å². The van der Waals surface area contributed by atoms with E-state index in [-0.39, 0.29) is 39.9 Å². The van der Waals surface area contributed by atoms with Gasteiger partial charge >= 0.3 is 0 Å². The normalized spacial score (nSPS) is 39.2. The van der Waals surface area contributed by atoms with Crippen LogP contribution in [0.1, 0.15) is 74.1 Å². The van der Waals surface area contributed by atoms with Crippen molar-refractivity contribution in [2.75, 3.05) is 6.61 Å². The van der Waals surface area contributed by atoms with E-state index in [0.29, 0.717) is 6.61 Å². The lowest BCUT2D eigenvalue weighted by atomic mass is 9.45. The van der Waals surface area contributed by atoms with Gasteiger partial charge in [-0.15, -0.1) is 0 Å². The minimum absolute atomic E-state index is 0.00973. The third-order valence-corrected chi connectivity index (χ3v) is 12.3. The summed E-state index contributed by atoms with van der Waals surface area (Å²) in [5.74, 6) is 0.291. The summed E-state index contributed by atoms with van der Waals surface area (Å²) in [5, 5.41) is 11.3. The van der Waals surface area contributed by atoms with Crippen molar-refractivity contribution < 1.29 is 14.3 Å². The maximum atomic E-state index is 13.0. The van der Waals surface area contributed by atoms with E-state index < -0.39 is 13.9 Å². The predicted octanol–water partition coefficient (Wildman–Crippen LogP) is 5.18. The van der Waals surface area contributed by atoms with Crippen LogP contribution in [0, 0.1) is 22.7 Å². The molecule has 0 aromatic carbocycles. The first-order valence-electron chi connectivity index (χ1n) is 9.94. The van der Waals surface area contributed by atoms with Gasteiger partial charge in [0.1, 0.15) is 5.78 Å². The molecule has 0 amide bonds. The van der Waals surface area contributed by atoms with Gasteiger partial charge in [0.15, 0.2) is 8.32 Å². The highest BCUT2D eigenvalue weighted by Gasteiger charge is 2.61. The zero-order valence-corrected chi connectivity index (χ0v) is 19.0. The second kappa shape index (κ2) is 6.17. The second-order valence-corrected chi connectivity index (χ2v) is 16.2. The lowest BCUT2D eigenvalue weighted by molar-refractivity contribution is -0.184. The topological polar surface area (TPSA) is 46.5 Å². The number of aliphatic hydroxyl groups is 1. The largest absolute Gasteiger partial charge is 0.416 e. The molecule has 0 saturated heterocycles. The quantitative estimate of drug-likeness (QED) is 0.698. The molecule has 2 aliphatic rings. The van der Waals surface area contributed by atoms with E-state index >= 15 is 0 Å². The number of Topliss-reactive ketones (excluding diaryl/α,β-unsaturated/α-hetero) is 1. The van der Waals surface area contributed by atoms with E-state index in [1.165, 1.54) is 0 Å². The molecule has 0 aliphatic heterocycles. The molecule has 4 heteroatoms. The summed E-state index contributed by atoms with van der Waals surface area (Å²) in [5.41, 5.74) is -1.14. The van der Waals surface area contributed by atoms with Crippen molar-refractivity contribution in [2.24, 2.45) is 22.7 Å². The summed E-state index contributed by atoms with van der Waals surface area (Å²) in [6, 6.07) is 0.